The maximum Gasteiger partial charge on any atom is 0.235 e. The minimum atomic E-state index is -3.44. The Bertz CT molecular complexity index is 308. The number of sulfonamides is 1. The second kappa shape index (κ2) is 6.85. The van der Waals surface area contributed by atoms with Crippen molar-refractivity contribution in [3.05, 3.63) is 0 Å². The maximum atomic E-state index is 11.9. The van der Waals surface area contributed by atoms with Gasteiger partial charge in [0.1, 0.15) is 0 Å². The number of carbonyl (C=O) groups is 1. The van der Waals surface area contributed by atoms with Crippen LogP contribution in [0.4, 0.5) is 0 Å². The summed E-state index contributed by atoms with van der Waals surface area (Å²) in [5, 5.41) is -0.427. The number of hydrogen-bond acceptors (Lipinski definition) is 3. The fourth-order valence-electron chi connectivity index (χ4n) is 1.50. The van der Waals surface area contributed by atoms with Crippen LogP contribution in [0.5, 0.6) is 0 Å². The number of primary amides is 1. The van der Waals surface area contributed by atoms with Crippen LogP contribution in [-0.2, 0) is 14.8 Å². The van der Waals surface area contributed by atoms with Crippen molar-refractivity contribution in [2.75, 3.05) is 0 Å². The summed E-state index contributed by atoms with van der Waals surface area (Å²) in [6, 6.07) is -0.846. The van der Waals surface area contributed by atoms with E-state index in [0.29, 0.717) is 12.8 Å². The Kier molecular flexibility index (Phi) is 6.59. The molecule has 0 aromatic heterocycles. The van der Waals surface area contributed by atoms with Crippen LogP contribution >= 0.6 is 0 Å². The molecule has 5 nitrogen and oxygen atoms in total. The van der Waals surface area contributed by atoms with Crippen molar-refractivity contribution in [3.63, 3.8) is 0 Å². The minimum absolute atomic E-state index is 0.427. The highest BCUT2D eigenvalue weighted by molar-refractivity contribution is 7.90. The third kappa shape index (κ3) is 4.94. The molecule has 0 radical (unpaired) electrons. The van der Waals surface area contributed by atoms with Gasteiger partial charge in [0, 0.05) is 0 Å². The summed E-state index contributed by atoms with van der Waals surface area (Å²) in [6.45, 7) is 5.33. The molecule has 96 valence electrons. The van der Waals surface area contributed by atoms with Crippen molar-refractivity contribution in [1.29, 1.82) is 0 Å². The molecule has 1 atom stereocenters. The molecule has 0 aliphatic rings. The Balaban J connectivity index is 4.65. The van der Waals surface area contributed by atoms with E-state index >= 15 is 0 Å². The molecule has 0 aliphatic carbocycles. The van der Waals surface area contributed by atoms with E-state index in [4.69, 9.17) is 5.73 Å². The zero-order valence-electron chi connectivity index (χ0n) is 10.2. The van der Waals surface area contributed by atoms with Crippen LogP contribution in [-0.4, -0.2) is 25.6 Å². The van der Waals surface area contributed by atoms with E-state index < -0.39 is 27.2 Å². The molecule has 1 amide bonds. The average Bonchev–Trinajstić information content (AvgIpc) is 2.16. The fourth-order valence-corrected chi connectivity index (χ4v) is 3.39. The first-order chi connectivity index (χ1) is 7.35. The van der Waals surface area contributed by atoms with E-state index in [1.54, 1.807) is 0 Å². The molecule has 0 aliphatic heterocycles. The summed E-state index contributed by atoms with van der Waals surface area (Å²) in [7, 11) is -3.44. The zero-order chi connectivity index (χ0) is 12.8. The lowest BCUT2D eigenvalue weighted by Gasteiger charge is -2.19. The van der Waals surface area contributed by atoms with Gasteiger partial charge in [0.2, 0.25) is 15.9 Å². The smallest absolute Gasteiger partial charge is 0.235 e. The van der Waals surface area contributed by atoms with Gasteiger partial charge in [-0.05, 0) is 19.8 Å². The molecule has 0 aromatic carbocycles. The van der Waals surface area contributed by atoms with E-state index in [0.717, 1.165) is 12.8 Å². The Morgan fingerprint density at radius 2 is 1.69 bits per heavy atom. The predicted molar refractivity (Wildman–Crippen MR) is 64.3 cm³/mol. The topological polar surface area (TPSA) is 89.3 Å². The van der Waals surface area contributed by atoms with Gasteiger partial charge >= 0.3 is 0 Å². The summed E-state index contributed by atoms with van der Waals surface area (Å²) in [5.41, 5.74) is 5.03. The zero-order valence-corrected chi connectivity index (χ0v) is 11.0. The van der Waals surface area contributed by atoms with E-state index in [9.17, 15) is 13.2 Å². The van der Waals surface area contributed by atoms with Gasteiger partial charge in [-0.25, -0.2) is 13.1 Å². The Morgan fingerprint density at radius 1 is 1.25 bits per heavy atom. The molecule has 3 N–H and O–H groups in total. The predicted octanol–water partition coefficient (Wildman–Crippen LogP) is 0.748. The lowest BCUT2D eigenvalue weighted by molar-refractivity contribution is -0.119. The lowest BCUT2D eigenvalue weighted by Crippen LogP contribution is -2.45. The van der Waals surface area contributed by atoms with Gasteiger partial charge in [0.25, 0.3) is 0 Å². The number of nitrogens with one attached hydrogen (secondary N) is 1. The van der Waals surface area contributed by atoms with Crippen LogP contribution in [0.3, 0.4) is 0 Å². The first kappa shape index (κ1) is 15.4. The molecule has 0 rings (SSSR count). The number of rotatable bonds is 8. The first-order valence-corrected chi connectivity index (χ1v) is 7.20. The van der Waals surface area contributed by atoms with E-state index in [1.807, 2.05) is 13.8 Å². The highest BCUT2D eigenvalue weighted by atomic mass is 32.2. The molecule has 16 heavy (non-hydrogen) atoms. The monoisotopic (exact) mass is 250 g/mol. The Hall–Kier alpha value is -0.620. The SMILES string of the molecule is CCCC(CCC)S(=O)(=O)N[C@@H](C)C(N)=O. The van der Waals surface area contributed by atoms with Crippen LogP contribution < -0.4 is 10.5 Å². The number of hydrogen-bond donors (Lipinski definition) is 2. The van der Waals surface area contributed by atoms with Crippen molar-refractivity contribution >= 4 is 15.9 Å². The fraction of sp³-hybridized carbons (Fsp3) is 0.900. The Labute approximate surface area is 97.8 Å². The third-order valence-electron chi connectivity index (χ3n) is 2.43. The highest BCUT2D eigenvalue weighted by Gasteiger charge is 2.26. The second-order valence-corrected chi connectivity index (χ2v) is 5.98. The van der Waals surface area contributed by atoms with Gasteiger partial charge in [0.15, 0.2) is 0 Å². The van der Waals surface area contributed by atoms with Crippen molar-refractivity contribution in [1.82, 2.24) is 4.72 Å². The minimum Gasteiger partial charge on any atom is -0.368 e. The van der Waals surface area contributed by atoms with E-state index in [2.05, 4.69) is 4.72 Å². The molecular formula is C10H22N2O3S. The van der Waals surface area contributed by atoms with Crippen LogP contribution in [0, 0.1) is 0 Å². The quantitative estimate of drug-likeness (QED) is 0.666. The highest BCUT2D eigenvalue weighted by Crippen LogP contribution is 2.14. The van der Waals surface area contributed by atoms with Crippen LogP contribution in [0.25, 0.3) is 0 Å². The maximum absolute atomic E-state index is 11.9. The van der Waals surface area contributed by atoms with Crippen molar-refractivity contribution < 1.29 is 13.2 Å². The summed E-state index contributed by atoms with van der Waals surface area (Å²) in [5.74, 6) is -0.657. The number of nitrogens with two attached hydrogens (primary N) is 1. The summed E-state index contributed by atoms with van der Waals surface area (Å²) in [6.07, 6.45) is 2.82. The molecule has 6 heteroatoms. The lowest BCUT2D eigenvalue weighted by atomic mass is 10.2. The summed E-state index contributed by atoms with van der Waals surface area (Å²) in [4.78, 5) is 10.8. The summed E-state index contributed by atoms with van der Waals surface area (Å²) >= 11 is 0. The molecule has 0 aromatic rings. The van der Waals surface area contributed by atoms with Crippen LogP contribution in [0.2, 0.25) is 0 Å². The van der Waals surface area contributed by atoms with Crippen LogP contribution in [0.15, 0.2) is 0 Å². The second-order valence-electron chi connectivity index (χ2n) is 3.99. The van der Waals surface area contributed by atoms with Gasteiger partial charge in [-0.3, -0.25) is 4.79 Å². The normalized spacial score (nSPS) is 14.0. The number of carbonyl (C=O) groups excluding carboxylic acids is 1. The molecule has 0 fully saturated rings. The van der Waals surface area contributed by atoms with Crippen molar-refractivity contribution in [2.45, 2.75) is 57.7 Å². The molecule has 0 saturated carbocycles. The van der Waals surface area contributed by atoms with Crippen molar-refractivity contribution in [3.8, 4) is 0 Å². The molecular weight excluding hydrogens is 228 g/mol. The van der Waals surface area contributed by atoms with Gasteiger partial charge in [-0.1, -0.05) is 26.7 Å². The summed E-state index contributed by atoms with van der Waals surface area (Å²) < 4.78 is 26.1. The molecule has 0 unspecified atom stereocenters. The largest absolute Gasteiger partial charge is 0.368 e. The molecule has 0 bridgehead atoms. The van der Waals surface area contributed by atoms with E-state index in [-0.39, 0.29) is 0 Å². The molecule has 0 saturated heterocycles. The van der Waals surface area contributed by atoms with Gasteiger partial charge in [-0.2, -0.15) is 0 Å². The van der Waals surface area contributed by atoms with Crippen molar-refractivity contribution in [2.24, 2.45) is 5.73 Å². The Morgan fingerprint density at radius 3 is 2.00 bits per heavy atom. The van der Waals surface area contributed by atoms with Crippen LogP contribution in [0.1, 0.15) is 46.5 Å². The first-order valence-electron chi connectivity index (χ1n) is 5.65. The molecule has 0 spiro atoms. The van der Waals surface area contributed by atoms with E-state index in [1.165, 1.54) is 6.92 Å². The van der Waals surface area contributed by atoms with Gasteiger partial charge in [0.05, 0.1) is 11.3 Å². The van der Waals surface area contributed by atoms with Gasteiger partial charge < -0.3 is 5.73 Å². The standard InChI is InChI=1S/C10H22N2O3S/c1-4-6-9(7-5-2)16(14,15)12-8(3)10(11)13/h8-9,12H,4-7H2,1-3H3,(H2,11,13)/t8-/m0/s1. The number of amides is 1. The van der Waals surface area contributed by atoms with Gasteiger partial charge in [-0.15, -0.1) is 0 Å². The third-order valence-corrected chi connectivity index (χ3v) is 4.46. The average molecular weight is 250 g/mol. The molecule has 0 heterocycles.